The zero-order valence-electron chi connectivity index (χ0n) is 15.1. The first kappa shape index (κ1) is 17.3. The molecule has 0 spiro atoms. The molecule has 1 aliphatic heterocycles. The SMILES string of the molecule is CCNC1CCC(C(C)(C)C)CC1CN1CCC(CC)C1. The van der Waals surface area contributed by atoms with Gasteiger partial charge in [0, 0.05) is 19.1 Å². The Hall–Kier alpha value is -0.0800. The van der Waals surface area contributed by atoms with E-state index in [1.54, 1.807) is 0 Å². The first-order chi connectivity index (χ1) is 9.94. The normalized spacial score (nSPS) is 35.3. The summed E-state index contributed by atoms with van der Waals surface area (Å²) in [6.07, 6.45) is 7.01. The molecule has 2 nitrogen and oxygen atoms in total. The third kappa shape index (κ3) is 4.69. The number of hydrogen-bond acceptors (Lipinski definition) is 2. The molecule has 0 amide bonds. The van der Waals surface area contributed by atoms with Gasteiger partial charge in [0.25, 0.3) is 0 Å². The summed E-state index contributed by atoms with van der Waals surface area (Å²) in [7, 11) is 0. The highest BCUT2D eigenvalue weighted by Crippen LogP contribution is 2.41. The maximum Gasteiger partial charge on any atom is 0.0108 e. The molecule has 1 heterocycles. The topological polar surface area (TPSA) is 15.3 Å². The van der Waals surface area contributed by atoms with Crippen LogP contribution >= 0.6 is 0 Å². The number of likely N-dealkylation sites (tertiary alicyclic amines) is 1. The van der Waals surface area contributed by atoms with Crippen LogP contribution in [0, 0.1) is 23.2 Å². The second-order valence-electron chi connectivity index (χ2n) is 8.62. The van der Waals surface area contributed by atoms with Crippen molar-refractivity contribution < 1.29 is 0 Å². The molecule has 0 aromatic heterocycles. The molecule has 2 aliphatic rings. The van der Waals surface area contributed by atoms with E-state index in [9.17, 15) is 0 Å². The number of rotatable bonds is 5. The Balaban J connectivity index is 1.94. The van der Waals surface area contributed by atoms with E-state index in [0.717, 1.165) is 30.3 Å². The highest BCUT2D eigenvalue weighted by atomic mass is 15.2. The standard InChI is InChI=1S/C19H38N2/c1-6-15-10-11-21(13-15)14-16-12-17(19(3,4)5)8-9-18(16)20-7-2/h15-18,20H,6-14H2,1-5H3. The zero-order valence-corrected chi connectivity index (χ0v) is 15.1. The fourth-order valence-corrected chi connectivity index (χ4v) is 4.53. The van der Waals surface area contributed by atoms with E-state index < -0.39 is 0 Å². The first-order valence-electron chi connectivity index (χ1n) is 9.39. The van der Waals surface area contributed by atoms with E-state index in [4.69, 9.17) is 0 Å². The lowest BCUT2D eigenvalue weighted by Gasteiger charge is -2.43. The Labute approximate surface area is 133 Å². The second kappa shape index (κ2) is 7.46. The highest BCUT2D eigenvalue weighted by molar-refractivity contribution is 4.91. The molecule has 2 rings (SSSR count). The molecule has 2 heteroatoms. The Bertz CT molecular complexity index is 307. The zero-order chi connectivity index (χ0) is 15.5. The van der Waals surface area contributed by atoms with Gasteiger partial charge in [-0.05, 0) is 61.9 Å². The molecule has 124 valence electrons. The van der Waals surface area contributed by atoms with Gasteiger partial charge in [-0.1, -0.05) is 41.0 Å². The summed E-state index contributed by atoms with van der Waals surface area (Å²) >= 11 is 0. The first-order valence-corrected chi connectivity index (χ1v) is 9.39. The Morgan fingerprint density at radius 3 is 2.43 bits per heavy atom. The van der Waals surface area contributed by atoms with Crippen molar-refractivity contribution in [3.63, 3.8) is 0 Å². The van der Waals surface area contributed by atoms with Crippen LogP contribution in [-0.2, 0) is 0 Å². The van der Waals surface area contributed by atoms with Gasteiger partial charge >= 0.3 is 0 Å². The monoisotopic (exact) mass is 294 g/mol. The maximum absolute atomic E-state index is 3.78. The summed E-state index contributed by atoms with van der Waals surface area (Å²) in [6.45, 7) is 17.1. The molecule has 2 fully saturated rings. The molecule has 0 aromatic carbocycles. The largest absolute Gasteiger partial charge is 0.314 e. The summed E-state index contributed by atoms with van der Waals surface area (Å²) in [5.74, 6) is 2.73. The van der Waals surface area contributed by atoms with Crippen LogP contribution in [0.2, 0.25) is 0 Å². The van der Waals surface area contributed by atoms with Crippen LogP contribution in [0.4, 0.5) is 0 Å². The third-order valence-electron chi connectivity index (χ3n) is 6.11. The van der Waals surface area contributed by atoms with Crippen molar-refractivity contribution >= 4 is 0 Å². The number of hydrogen-bond donors (Lipinski definition) is 1. The van der Waals surface area contributed by atoms with Crippen molar-refractivity contribution in [3.05, 3.63) is 0 Å². The molecule has 1 saturated heterocycles. The van der Waals surface area contributed by atoms with Crippen molar-refractivity contribution in [2.45, 2.75) is 72.8 Å². The van der Waals surface area contributed by atoms with E-state index in [2.05, 4.69) is 44.8 Å². The minimum atomic E-state index is 0.479. The van der Waals surface area contributed by atoms with Gasteiger partial charge in [-0.15, -0.1) is 0 Å². The minimum absolute atomic E-state index is 0.479. The average molecular weight is 295 g/mol. The Kier molecular flexibility index (Phi) is 6.14. The van der Waals surface area contributed by atoms with E-state index in [0.29, 0.717) is 5.41 Å². The van der Waals surface area contributed by atoms with Crippen LogP contribution in [0.15, 0.2) is 0 Å². The molecule has 0 radical (unpaired) electrons. The van der Waals surface area contributed by atoms with Gasteiger partial charge in [0.05, 0.1) is 0 Å². The van der Waals surface area contributed by atoms with Crippen LogP contribution in [0.25, 0.3) is 0 Å². The smallest absolute Gasteiger partial charge is 0.0108 e. The minimum Gasteiger partial charge on any atom is -0.314 e. The quantitative estimate of drug-likeness (QED) is 0.819. The highest BCUT2D eigenvalue weighted by Gasteiger charge is 2.37. The Morgan fingerprint density at radius 2 is 1.86 bits per heavy atom. The molecule has 21 heavy (non-hydrogen) atoms. The number of nitrogens with zero attached hydrogens (tertiary/aromatic N) is 1. The molecule has 1 N–H and O–H groups in total. The lowest BCUT2D eigenvalue weighted by molar-refractivity contribution is 0.0927. The predicted octanol–water partition coefficient (Wildman–Crippen LogP) is 4.16. The summed E-state index contributed by atoms with van der Waals surface area (Å²) in [4.78, 5) is 2.76. The summed E-state index contributed by atoms with van der Waals surface area (Å²) in [6, 6.07) is 0.759. The number of nitrogens with one attached hydrogen (secondary N) is 1. The van der Waals surface area contributed by atoms with Gasteiger partial charge in [-0.25, -0.2) is 0 Å². The van der Waals surface area contributed by atoms with Gasteiger partial charge in [0.2, 0.25) is 0 Å². The van der Waals surface area contributed by atoms with Gasteiger partial charge in [-0.2, -0.15) is 0 Å². The Morgan fingerprint density at radius 1 is 1.10 bits per heavy atom. The van der Waals surface area contributed by atoms with Crippen molar-refractivity contribution in [2.24, 2.45) is 23.2 Å². The van der Waals surface area contributed by atoms with Crippen LogP contribution < -0.4 is 5.32 Å². The molecule has 4 atom stereocenters. The average Bonchev–Trinajstić information content (AvgIpc) is 2.87. The van der Waals surface area contributed by atoms with Gasteiger partial charge in [0.1, 0.15) is 0 Å². The van der Waals surface area contributed by atoms with Crippen LogP contribution in [0.3, 0.4) is 0 Å². The van der Waals surface area contributed by atoms with E-state index in [-0.39, 0.29) is 0 Å². The molecular weight excluding hydrogens is 256 g/mol. The molecule has 1 aliphatic carbocycles. The third-order valence-corrected chi connectivity index (χ3v) is 6.11. The second-order valence-corrected chi connectivity index (χ2v) is 8.62. The van der Waals surface area contributed by atoms with Crippen LogP contribution in [0.5, 0.6) is 0 Å². The fourth-order valence-electron chi connectivity index (χ4n) is 4.53. The summed E-state index contributed by atoms with van der Waals surface area (Å²) in [5.41, 5.74) is 0.479. The van der Waals surface area contributed by atoms with Gasteiger partial charge < -0.3 is 10.2 Å². The van der Waals surface area contributed by atoms with E-state index in [1.165, 1.54) is 51.7 Å². The lowest BCUT2D eigenvalue weighted by atomic mass is 9.67. The van der Waals surface area contributed by atoms with E-state index >= 15 is 0 Å². The van der Waals surface area contributed by atoms with Crippen molar-refractivity contribution in [3.8, 4) is 0 Å². The molecular formula is C19H38N2. The molecule has 0 aromatic rings. The lowest BCUT2D eigenvalue weighted by Crippen LogP contribution is -2.47. The summed E-state index contributed by atoms with van der Waals surface area (Å²) in [5, 5.41) is 3.78. The molecule has 1 saturated carbocycles. The van der Waals surface area contributed by atoms with Crippen LogP contribution in [-0.4, -0.2) is 37.1 Å². The molecule has 0 bridgehead atoms. The van der Waals surface area contributed by atoms with Crippen molar-refractivity contribution in [1.82, 2.24) is 10.2 Å². The van der Waals surface area contributed by atoms with Gasteiger partial charge in [-0.3, -0.25) is 0 Å². The maximum atomic E-state index is 3.78. The fraction of sp³-hybridized carbons (Fsp3) is 1.00. The van der Waals surface area contributed by atoms with E-state index in [1.807, 2.05) is 0 Å². The predicted molar refractivity (Wildman–Crippen MR) is 92.6 cm³/mol. The molecule has 4 unspecified atom stereocenters. The van der Waals surface area contributed by atoms with Crippen molar-refractivity contribution in [2.75, 3.05) is 26.2 Å². The van der Waals surface area contributed by atoms with Crippen LogP contribution in [0.1, 0.15) is 66.7 Å². The van der Waals surface area contributed by atoms with Crippen molar-refractivity contribution in [1.29, 1.82) is 0 Å². The van der Waals surface area contributed by atoms with Gasteiger partial charge in [0.15, 0.2) is 0 Å². The summed E-state index contributed by atoms with van der Waals surface area (Å²) < 4.78 is 0.